The van der Waals surface area contributed by atoms with Gasteiger partial charge in [0.15, 0.2) is 0 Å². The fourth-order valence-corrected chi connectivity index (χ4v) is 3.20. The number of benzene rings is 2. The van der Waals surface area contributed by atoms with E-state index in [9.17, 15) is 9.59 Å². The monoisotopic (exact) mass is 464 g/mol. The van der Waals surface area contributed by atoms with E-state index in [0.717, 1.165) is 6.92 Å². The lowest BCUT2D eigenvalue weighted by molar-refractivity contribution is -0.134. The zero-order valence-corrected chi connectivity index (χ0v) is 18.3. The number of nitrogens with two attached hydrogens (primary N) is 1. The number of carboxylic acid groups (broad SMARTS) is 1. The van der Waals surface area contributed by atoms with E-state index in [1.165, 1.54) is 0 Å². The molecule has 4 N–H and O–H groups in total. The van der Waals surface area contributed by atoms with Crippen molar-refractivity contribution < 1.29 is 19.5 Å². The molecular formula is C21H22Cl2N4O4. The van der Waals surface area contributed by atoms with Gasteiger partial charge in [-0.05, 0) is 30.3 Å². The van der Waals surface area contributed by atoms with E-state index in [2.05, 4.69) is 0 Å². The number of amidine groups is 1. The number of carbonyl (C=O) groups is 3. The molecule has 0 radical (unpaired) electrons. The zero-order chi connectivity index (χ0) is 23.1. The number of nitrogens with zero attached hydrogens (tertiary/aromatic N) is 2. The number of amides is 2. The van der Waals surface area contributed by atoms with Crippen LogP contribution in [-0.2, 0) is 4.79 Å². The summed E-state index contributed by atoms with van der Waals surface area (Å²) in [5.74, 6) is -1.11. The third kappa shape index (κ3) is 6.70. The van der Waals surface area contributed by atoms with Crippen molar-refractivity contribution >= 4 is 46.8 Å². The fraction of sp³-hybridized carbons (Fsp3) is 0.238. The minimum Gasteiger partial charge on any atom is -0.481 e. The lowest BCUT2D eigenvalue weighted by atomic mass is 10.1. The summed E-state index contributed by atoms with van der Waals surface area (Å²) in [7, 11) is 0. The van der Waals surface area contributed by atoms with Crippen molar-refractivity contribution in [2.24, 2.45) is 5.73 Å². The van der Waals surface area contributed by atoms with Gasteiger partial charge in [-0.15, -0.1) is 0 Å². The number of piperazine rings is 1. The summed E-state index contributed by atoms with van der Waals surface area (Å²) in [6, 6.07) is 11.4. The van der Waals surface area contributed by atoms with Crippen molar-refractivity contribution in [2.45, 2.75) is 6.92 Å². The van der Waals surface area contributed by atoms with Crippen LogP contribution in [0.1, 0.15) is 33.2 Å². The second kappa shape index (κ2) is 10.8. The van der Waals surface area contributed by atoms with Gasteiger partial charge in [0.1, 0.15) is 5.84 Å². The van der Waals surface area contributed by atoms with Crippen LogP contribution >= 0.6 is 23.2 Å². The summed E-state index contributed by atoms with van der Waals surface area (Å²) in [6.07, 6.45) is 0. The van der Waals surface area contributed by atoms with Crippen LogP contribution in [0.5, 0.6) is 0 Å². The van der Waals surface area contributed by atoms with Gasteiger partial charge in [0.2, 0.25) is 0 Å². The van der Waals surface area contributed by atoms with Crippen LogP contribution in [0.3, 0.4) is 0 Å². The molecule has 0 aliphatic carbocycles. The molecule has 2 amide bonds. The van der Waals surface area contributed by atoms with E-state index < -0.39 is 5.97 Å². The molecule has 1 aliphatic heterocycles. The number of carboxylic acids is 1. The number of hydrogen-bond acceptors (Lipinski definition) is 4. The molecule has 0 aromatic heterocycles. The smallest absolute Gasteiger partial charge is 0.300 e. The van der Waals surface area contributed by atoms with Gasteiger partial charge in [0.25, 0.3) is 17.8 Å². The first-order valence-corrected chi connectivity index (χ1v) is 10.0. The maximum Gasteiger partial charge on any atom is 0.300 e. The topological polar surface area (TPSA) is 128 Å². The number of carbonyl (C=O) groups excluding carboxylic acids is 2. The average molecular weight is 465 g/mol. The van der Waals surface area contributed by atoms with Crippen molar-refractivity contribution in [3.8, 4) is 0 Å². The molecule has 10 heteroatoms. The van der Waals surface area contributed by atoms with E-state index in [4.69, 9.17) is 44.2 Å². The fourth-order valence-electron chi connectivity index (χ4n) is 2.90. The van der Waals surface area contributed by atoms with E-state index in [1.807, 2.05) is 0 Å². The molecule has 0 saturated carbocycles. The molecule has 3 rings (SSSR count). The Morgan fingerprint density at radius 1 is 0.839 bits per heavy atom. The molecule has 1 aliphatic rings. The first-order chi connectivity index (χ1) is 14.6. The summed E-state index contributed by atoms with van der Waals surface area (Å²) >= 11 is 11.9. The van der Waals surface area contributed by atoms with Gasteiger partial charge in [0, 0.05) is 49.8 Å². The van der Waals surface area contributed by atoms with Gasteiger partial charge in [-0.25, -0.2) is 0 Å². The van der Waals surface area contributed by atoms with Gasteiger partial charge in [0.05, 0.1) is 10.0 Å². The molecule has 1 saturated heterocycles. The molecule has 0 atom stereocenters. The Morgan fingerprint density at radius 2 is 1.23 bits per heavy atom. The summed E-state index contributed by atoms with van der Waals surface area (Å²) in [5, 5.41) is 15.6. The highest BCUT2D eigenvalue weighted by molar-refractivity contribution is 6.42. The molecule has 31 heavy (non-hydrogen) atoms. The summed E-state index contributed by atoms with van der Waals surface area (Å²) in [5.41, 5.74) is 7.01. The summed E-state index contributed by atoms with van der Waals surface area (Å²) in [4.78, 5) is 37.6. The highest BCUT2D eigenvalue weighted by atomic mass is 35.5. The van der Waals surface area contributed by atoms with Crippen LogP contribution in [0.2, 0.25) is 10.0 Å². The second-order valence-electron chi connectivity index (χ2n) is 6.72. The van der Waals surface area contributed by atoms with Crippen LogP contribution in [-0.4, -0.2) is 64.7 Å². The van der Waals surface area contributed by atoms with Crippen LogP contribution in [0, 0.1) is 5.41 Å². The number of rotatable bonds is 3. The number of halogens is 2. The lowest BCUT2D eigenvalue weighted by Crippen LogP contribution is -2.50. The van der Waals surface area contributed by atoms with E-state index >= 15 is 0 Å². The summed E-state index contributed by atoms with van der Waals surface area (Å²) in [6.45, 7) is 2.85. The molecule has 2 aromatic rings. The molecule has 0 bridgehead atoms. The normalized spacial score (nSPS) is 13.1. The molecule has 0 unspecified atom stereocenters. The highest BCUT2D eigenvalue weighted by Gasteiger charge is 2.25. The van der Waals surface area contributed by atoms with Crippen LogP contribution < -0.4 is 5.73 Å². The molecular weight excluding hydrogens is 443 g/mol. The SMILES string of the molecule is CC(=O)O.N=C(N)c1ccc(C(=O)N2CCN(C(=O)c3ccc(Cl)c(Cl)c3)CC2)cc1. The zero-order valence-electron chi connectivity index (χ0n) is 16.8. The molecule has 0 spiro atoms. The van der Waals surface area contributed by atoms with Crippen LogP contribution in [0.4, 0.5) is 0 Å². The maximum atomic E-state index is 12.6. The van der Waals surface area contributed by atoms with Crippen molar-refractivity contribution in [3.63, 3.8) is 0 Å². The number of nitrogens with one attached hydrogen (secondary N) is 1. The predicted molar refractivity (Wildman–Crippen MR) is 119 cm³/mol. The molecule has 1 heterocycles. The minimum absolute atomic E-state index is 0.0385. The predicted octanol–water partition coefficient (Wildman–Crippen LogP) is 2.97. The standard InChI is InChI=1S/C19H18Cl2N4O2.C2H4O2/c20-15-6-5-14(11-16(15)21)19(27)25-9-7-24(8-10-25)18(26)13-3-1-12(2-4-13)17(22)23;1-2(3)4/h1-6,11H,7-10H2,(H3,22,23);1H3,(H,3,4). The third-order valence-electron chi connectivity index (χ3n) is 4.46. The van der Waals surface area contributed by atoms with Crippen LogP contribution in [0.25, 0.3) is 0 Å². The Bertz CT molecular complexity index is 983. The molecule has 164 valence electrons. The number of aliphatic carboxylic acids is 1. The van der Waals surface area contributed by atoms with E-state index in [0.29, 0.717) is 52.9 Å². The minimum atomic E-state index is -0.833. The van der Waals surface area contributed by atoms with Gasteiger partial charge < -0.3 is 20.6 Å². The number of nitrogen functional groups attached to an aromatic ring is 1. The van der Waals surface area contributed by atoms with E-state index in [1.54, 1.807) is 52.3 Å². The highest BCUT2D eigenvalue weighted by Crippen LogP contribution is 2.23. The first kappa shape index (κ1) is 24.2. The van der Waals surface area contributed by atoms with Gasteiger partial charge in [-0.2, -0.15) is 0 Å². The van der Waals surface area contributed by atoms with Crippen molar-refractivity contribution in [1.82, 2.24) is 9.80 Å². The molecule has 2 aromatic carbocycles. The van der Waals surface area contributed by atoms with Gasteiger partial charge in [-0.1, -0.05) is 35.3 Å². The lowest BCUT2D eigenvalue weighted by Gasteiger charge is -2.35. The Hall–Kier alpha value is -3.10. The Labute approximate surface area is 189 Å². The van der Waals surface area contributed by atoms with E-state index in [-0.39, 0.29) is 17.6 Å². The summed E-state index contributed by atoms with van der Waals surface area (Å²) < 4.78 is 0. The van der Waals surface area contributed by atoms with Crippen molar-refractivity contribution in [3.05, 3.63) is 69.2 Å². The molecule has 8 nitrogen and oxygen atoms in total. The van der Waals surface area contributed by atoms with Gasteiger partial charge >= 0.3 is 0 Å². The number of hydrogen-bond donors (Lipinski definition) is 3. The molecule has 1 fully saturated rings. The Balaban J connectivity index is 0.000000785. The van der Waals surface area contributed by atoms with Crippen molar-refractivity contribution in [2.75, 3.05) is 26.2 Å². The quantitative estimate of drug-likeness (QED) is 0.475. The van der Waals surface area contributed by atoms with Gasteiger partial charge in [-0.3, -0.25) is 19.8 Å². The average Bonchev–Trinajstić information content (AvgIpc) is 2.74. The Kier molecular flexibility index (Phi) is 8.41. The third-order valence-corrected chi connectivity index (χ3v) is 5.20. The largest absolute Gasteiger partial charge is 0.481 e. The van der Waals surface area contributed by atoms with Crippen molar-refractivity contribution in [1.29, 1.82) is 5.41 Å². The van der Waals surface area contributed by atoms with Crippen LogP contribution in [0.15, 0.2) is 42.5 Å². The maximum absolute atomic E-state index is 12.6. The first-order valence-electron chi connectivity index (χ1n) is 9.27. The Morgan fingerprint density at radius 3 is 1.65 bits per heavy atom. The second-order valence-corrected chi connectivity index (χ2v) is 7.54.